The van der Waals surface area contributed by atoms with Gasteiger partial charge in [0, 0.05) is 5.92 Å². The van der Waals surface area contributed by atoms with Gasteiger partial charge in [-0.15, -0.1) is 0 Å². The summed E-state index contributed by atoms with van der Waals surface area (Å²) in [6, 6.07) is 8.13. The van der Waals surface area contributed by atoms with Gasteiger partial charge in [0.15, 0.2) is 0 Å². The van der Waals surface area contributed by atoms with Crippen LogP contribution in [0.2, 0.25) is 0 Å². The summed E-state index contributed by atoms with van der Waals surface area (Å²) >= 11 is 4.67. The Hall–Kier alpha value is -1.51. The van der Waals surface area contributed by atoms with Crippen LogP contribution < -0.4 is 0 Å². The SMILES string of the molecule is CCCC(C)OC(=O)C12CCC(CC1)CC2c1ccc(N=C=S)cc1. The molecular formula is C21H27NO2S. The van der Waals surface area contributed by atoms with E-state index in [1.807, 2.05) is 19.1 Å². The van der Waals surface area contributed by atoms with Crippen LogP contribution in [0.1, 0.15) is 70.3 Å². The number of ether oxygens (including phenoxy) is 1. The lowest BCUT2D eigenvalue weighted by atomic mass is 9.53. The van der Waals surface area contributed by atoms with Gasteiger partial charge in [-0.1, -0.05) is 25.5 Å². The number of aliphatic imine (C=N–C) groups is 1. The molecule has 134 valence electrons. The summed E-state index contributed by atoms with van der Waals surface area (Å²) in [6.07, 6.45) is 7.29. The number of nitrogens with zero attached hydrogens (tertiary/aromatic N) is 1. The molecule has 0 saturated heterocycles. The molecular weight excluding hydrogens is 330 g/mol. The molecule has 3 saturated carbocycles. The van der Waals surface area contributed by atoms with Gasteiger partial charge in [-0.2, -0.15) is 4.99 Å². The molecule has 1 aromatic rings. The van der Waals surface area contributed by atoms with Crippen molar-refractivity contribution in [2.75, 3.05) is 0 Å². The molecule has 0 aromatic heterocycles. The van der Waals surface area contributed by atoms with Crippen molar-refractivity contribution in [3.05, 3.63) is 29.8 Å². The van der Waals surface area contributed by atoms with E-state index in [4.69, 9.17) is 4.74 Å². The minimum absolute atomic E-state index is 0.00600. The third-order valence-electron chi connectivity index (χ3n) is 6.11. The highest BCUT2D eigenvalue weighted by atomic mass is 32.1. The maximum Gasteiger partial charge on any atom is 0.312 e. The summed E-state index contributed by atoms with van der Waals surface area (Å²) in [6.45, 7) is 4.14. The van der Waals surface area contributed by atoms with Crippen molar-refractivity contribution in [2.45, 2.75) is 70.8 Å². The van der Waals surface area contributed by atoms with E-state index >= 15 is 0 Å². The number of esters is 1. The Morgan fingerprint density at radius 2 is 2.04 bits per heavy atom. The minimum atomic E-state index is -0.342. The van der Waals surface area contributed by atoms with Crippen LogP contribution in [0.15, 0.2) is 29.3 Å². The molecule has 3 aliphatic carbocycles. The van der Waals surface area contributed by atoms with Gasteiger partial charge in [0.05, 0.1) is 22.4 Å². The quantitative estimate of drug-likeness (QED) is 0.366. The van der Waals surface area contributed by atoms with Crippen molar-refractivity contribution >= 4 is 29.0 Å². The van der Waals surface area contributed by atoms with E-state index in [9.17, 15) is 4.79 Å². The second-order valence-electron chi connectivity index (χ2n) is 7.69. The molecule has 2 atom stereocenters. The first-order chi connectivity index (χ1) is 12.1. The molecule has 3 aliphatic rings. The highest BCUT2D eigenvalue weighted by molar-refractivity contribution is 7.78. The molecule has 25 heavy (non-hydrogen) atoms. The minimum Gasteiger partial charge on any atom is -0.462 e. The third-order valence-corrected chi connectivity index (χ3v) is 6.20. The molecule has 1 aromatic carbocycles. The standard InChI is InChI=1S/C21H27NO2S/c1-3-4-15(2)24-20(23)21-11-9-16(10-12-21)13-19(21)17-5-7-18(8-6-17)22-14-25/h5-8,15-16,19H,3-4,9-13H2,1-2H3. The van der Waals surface area contributed by atoms with Gasteiger partial charge < -0.3 is 4.74 Å². The van der Waals surface area contributed by atoms with Crippen LogP contribution in [-0.4, -0.2) is 17.2 Å². The van der Waals surface area contributed by atoms with Gasteiger partial charge in [-0.25, -0.2) is 0 Å². The van der Waals surface area contributed by atoms with Crippen molar-refractivity contribution in [1.29, 1.82) is 0 Å². The zero-order valence-electron chi connectivity index (χ0n) is 15.2. The number of carbonyl (C=O) groups excluding carboxylic acids is 1. The Kier molecular flexibility index (Phi) is 5.71. The fraction of sp³-hybridized carbons (Fsp3) is 0.619. The average Bonchev–Trinajstić information content (AvgIpc) is 2.63. The van der Waals surface area contributed by atoms with Crippen molar-refractivity contribution in [1.82, 2.24) is 0 Å². The second kappa shape index (κ2) is 7.80. The third kappa shape index (κ3) is 3.70. The van der Waals surface area contributed by atoms with Gasteiger partial charge in [0.25, 0.3) is 0 Å². The van der Waals surface area contributed by atoms with Gasteiger partial charge in [-0.3, -0.25) is 4.79 Å². The van der Waals surface area contributed by atoms with Crippen LogP contribution in [0.4, 0.5) is 5.69 Å². The van der Waals surface area contributed by atoms with E-state index in [1.54, 1.807) is 0 Å². The molecule has 0 radical (unpaired) electrons. The van der Waals surface area contributed by atoms with Crippen LogP contribution in [0.25, 0.3) is 0 Å². The summed E-state index contributed by atoms with van der Waals surface area (Å²) in [5.74, 6) is 1.02. The second-order valence-corrected chi connectivity index (χ2v) is 7.87. The van der Waals surface area contributed by atoms with E-state index in [0.29, 0.717) is 0 Å². The number of carbonyl (C=O) groups is 1. The molecule has 0 N–H and O–H groups in total. The average molecular weight is 358 g/mol. The van der Waals surface area contributed by atoms with Crippen molar-refractivity contribution in [3.8, 4) is 0 Å². The summed E-state index contributed by atoms with van der Waals surface area (Å²) in [5.41, 5.74) is 1.70. The van der Waals surface area contributed by atoms with Crippen molar-refractivity contribution < 1.29 is 9.53 Å². The van der Waals surface area contributed by atoms with Crippen molar-refractivity contribution in [2.24, 2.45) is 16.3 Å². The molecule has 0 aliphatic heterocycles. The number of fused-ring (bicyclic) bond motifs is 3. The Labute approximate surface area is 155 Å². The van der Waals surface area contributed by atoms with Crippen LogP contribution in [-0.2, 0) is 9.53 Å². The van der Waals surface area contributed by atoms with Crippen LogP contribution >= 0.6 is 12.2 Å². The number of rotatable bonds is 6. The Morgan fingerprint density at radius 1 is 1.36 bits per heavy atom. The first-order valence-corrected chi connectivity index (χ1v) is 9.89. The first-order valence-electron chi connectivity index (χ1n) is 9.48. The largest absolute Gasteiger partial charge is 0.462 e. The molecule has 2 bridgehead atoms. The Morgan fingerprint density at radius 3 is 2.64 bits per heavy atom. The highest BCUT2D eigenvalue weighted by Crippen LogP contribution is 2.58. The maximum absolute atomic E-state index is 13.1. The monoisotopic (exact) mass is 357 g/mol. The molecule has 0 spiro atoms. The van der Waals surface area contributed by atoms with E-state index in [2.05, 4.69) is 41.4 Å². The van der Waals surface area contributed by atoms with E-state index in [0.717, 1.165) is 56.6 Å². The van der Waals surface area contributed by atoms with E-state index in [-0.39, 0.29) is 23.4 Å². The van der Waals surface area contributed by atoms with E-state index in [1.165, 1.54) is 5.56 Å². The van der Waals surface area contributed by atoms with Gasteiger partial charge in [0.2, 0.25) is 0 Å². The summed E-state index contributed by atoms with van der Waals surface area (Å²) in [4.78, 5) is 17.2. The normalized spacial score (nSPS) is 28.9. The van der Waals surface area contributed by atoms with Gasteiger partial charge in [-0.05, 0) is 81.3 Å². The Bertz CT molecular complexity index is 655. The molecule has 0 amide bonds. The van der Waals surface area contributed by atoms with Gasteiger partial charge in [0.1, 0.15) is 0 Å². The maximum atomic E-state index is 13.1. The fourth-order valence-electron chi connectivity index (χ4n) is 4.74. The molecule has 3 fully saturated rings. The number of hydrogen-bond acceptors (Lipinski definition) is 4. The fourth-order valence-corrected chi connectivity index (χ4v) is 4.84. The molecule has 0 heterocycles. The molecule has 4 heteroatoms. The molecule has 3 nitrogen and oxygen atoms in total. The van der Waals surface area contributed by atoms with Crippen LogP contribution in [0.5, 0.6) is 0 Å². The summed E-state index contributed by atoms with van der Waals surface area (Å²) in [7, 11) is 0. The summed E-state index contributed by atoms with van der Waals surface area (Å²) < 4.78 is 5.88. The summed E-state index contributed by atoms with van der Waals surface area (Å²) in [5, 5.41) is 2.40. The lowest BCUT2D eigenvalue weighted by Gasteiger charge is -2.50. The molecule has 2 unspecified atom stereocenters. The predicted octanol–water partition coefficient (Wildman–Crippen LogP) is 5.82. The highest BCUT2D eigenvalue weighted by Gasteiger charge is 2.54. The number of hydrogen-bond donors (Lipinski definition) is 0. The number of benzene rings is 1. The zero-order chi connectivity index (χ0) is 17.9. The zero-order valence-corrected chi connectivity index (χ0v) is 16.0. The number of thiocarbonyl (C=S) groups is 1. The van der Waals surface area contributed by atoms with Crippen LogP contribution in [0, 0.1) is 11.3 Å². The molecule has 4 rings (SSSR count). The van der Waals surface area contributed by atoms with Crippen LogP contribution in [0.3, 0.4) is 0 Å². The van der Waals surface area contributed by atoms with Gasteiger partial charge >= 0.3 is 5.97 Å². The van der Waals surface area contributed by atoms with E-state index < -0.39 is 0 Å². The lowest BCUT2D eigenvalue weighted by Crippen LogP contribution is -2.47. The predicted molar refractivity (Wildman–Crippen MR) is 103 cm³/mol. The lowest BCUT2D eigenvalue weighted by molar-refractivity contribution is -0.170. The van der Waals surface area contributed by atoms with Crippen molar-refractivity contribution in [3.63, 3.8) is 0 Å². The Balaban J connectivity index is 1.86. The first kappa shape index (κ1) is 18.3. The number of isothiocyanates is 1. The topological polar surface area (TPSA) is 38.7 Å². The smallest absolute Gasteiger partial charge is 0.312 e.